The van der Waals surface area contributed by atoms with Crippen LogP contribution in [0.2, 0.25) is 5.02 Å². The smallest absolute Gasteiger partial charge is 0.0584 e. The van der Waals surface area contributed by atoms with Gasteiger partial charge in [-0.25, -0.2) is 0 Å². The summed E-state index contributed by atoms with van der Waals surface area (Å²) in [7, 11) is 0. The maximum absolute atomic E-state index is 6.06. The molecule has 1 heterocycles. The minimum atomic E-state index is -0.0940. The van der Waals surface area contributed by atoms with Crippen LogP contribution in [0.5, 0.6) is 0 Å². The summed E-state index contributed by atoms with van der Waals surface area (Å²) >= 11 is 7.69. The van der Waals surface area contributed by atoms with Crippen molar-refractivity contribution in [3.8, 4) is 0 Å². The van der Waals surface area contributed by atoms with Gasteiger partial charge in [0.2, 0.25) is 0 Å². The highest BCUT2D eigenvalue weighted by atomic mass is 35.5. The number of thiophene rings is 1. The van der Waals surface area contributed by atoms with Crippen LogP contribution >= 0.6 is 22.9 Å². The molecule has 0 saturated heterocycles. The number of hydrogen-bond donors (Lipinski definition) is 1. The molecule has 0 radical (unpaired) electrons. The van der Waals surface area contributed by atoms with Gasteiger partial charge in [0.15, 0.2) is 0 Å². The molecule has 2 aromatic rings. The van der Waals surface area contributed by atoms with E-state index in [1.807, 2.05) is 18.2 Å². The van der Waals surface area contributed by atoms with Gasteiger partial charge in [0.05, 0.1) is 15.8 Å². The largest absolute Gasteiger partial charge is 0.320 e. The Balaban J connectivity index is 2.62. The maximum atomic E-state index is 6.06. The van der Waals surface area contributed by atoms with Gasteiger partial charge in [-0.1, -0.05) is 29.8 Å². The SMILES string of the molecule is C=C[C@H](N)c1cc2cccc(Cl)c2s1. The summed E-state index contributed by atoms with van der Waals surface area (Å²) in [5, 5.41) is 1.94. The number of rotatable bonds is 2. The normalized spacial score (nSPS) is 13.0. The third-order valence-corrected chi connectivity index (χ3v) is 3.81. The molecule has 14 heavy (non-hydrogen) atoms. The van der Waals surface area contributed by atoms with Crippen LogP contribution < -0.4 is 5.73 Å². The van der Waals surface area contributed by atoms with Gasteiger partial charge >= 0.3 is 0 Å². The Kier molecular flexibility index (Phi) is 2.59. The van der Waals surface area contributed by atoms with Gasteiger partial charge in [-0.05, 0) is 17.5 Å². The summed E-state index contributed by atoms with van der Waals surface area (Å²) in [4.78, 5) is 1.10. The predicted molar refractivity (Wildman–Crippen MR) is 64.0 cm³/mol. The standard InChI is InChI=1S/C11H10ClNS/c1-2-9(13)10-6-7-4-3-5-8(12)11(7)14-10/h2-6,9H,1,13H2/t9-/m0/s1. The highest BCUT2D eigenvalue weighted by Crippen LogP contribution is 2.34. The van der Waals surface area contributed by atoms with Crippen LogP contribution in [0.4, 0.5) is 0 Å². The van der Waals surface area contributed by atoms with Crippen LogP contribution in [0, 0.1) is 0 Å². The summed E-state index contributed by atoms with van der Waals surface area (Å²) in [6.07, 6.45) is 1.73. The third-order valence-electron chi connectivity index (χ3n) is 2.10. The molecule has 72 valence electrons. The lowest BCUT2D eigenvalue weighted by Gasteiger charge is -1.99. The van der Waals surface area contributed by atoms with E-state index in [9.17, 15) is 0 Å². The van der Waals surface area contributed by atoms with E-state index in [1.54, 1.807) is 17.4 Å². The fourth-order valence-electron chi connectivity index (χ4n) is 1.33. The molecule has 0 aliphatic heterocycles. The lowest BCUT2D eigenvalue weighted by atomic mass is 10.2. The molecular weight excluding hydrogens is 214 g/mol. The Bertz CT molecular complexity index is 475. The highest BCUT2D eigenvalue weighted by Gasteiger charge is 2.08. The molecule has 3 heteroatoms. The second-order valence-electron chi connectivity index (χ2n) is 3.07. The second kappa shape index (κ2) is 3.73. The molecule has 0 amide bonds. The van der Waals surface area contributed by atoms with E-state index < -0.39 is 0 Å². The lowest BCUT2D eigenvalue weighted by molar-refractivity contribution is 0.941. The Morgan fingerprint density at radius 3 is 2.93 bits per heavy atom. The minimum Gasteiger partial charge on any atom is -0.320 e. The number of halogens is 1. The van der Waals surface area contributed by atoms with Gasteiger partial charge in [-0.3, -0.25) is 0 Å². The number of hydrogen-bond acceptors (Lipinski definition) is 2. The van der Waals surface area contributed by atoms with Gasteiger partial charge in [0, 0.05) is 4.88 Å². The fourth-order valence-corrected chi connectivity index (χ4v) is 2.69. The zero-order valence-corrected chi connectivity index (χ0v) is 9.11. The molecule has 2 N–H and O–H groups in total. The van der Waals surface area contributed by atoms with Crippen LogP contribution in [0.1, 0.15) is 10.9 Å². The van der Waals surface area contributed by atoms with Crippen molar-refractivity contribution in [2.75, 3.05) is 0 Å². The van der Waals surface area contributed by atoms with Gasteiger partial charge in [-0.2, -0.15) is 0 Å². The van der Waals surface area contributed by atoms with Gasteiger partial charge in [-0.15, -0.1) is 17.9 Å². The zero-order valence-electron chi connectivity index (χ0n) is 7.53. The molecule has 1 aromatic heterocycles. The van der Waals surface area contributed by atoms with E-state index in [-0.39, 0.29) is 6.04 Å². The van der Waals surface area contributed by atoms with Gasteiger partial charge in [0.1, 0.15) is 0 Å². The number of nitrogens with two attached hydrogens (primary N) is 1. The topological polar surface area (TPSA) is 26.0 Å². The first-order chi connectivity index (χ1) is 6.72. The molecule has 0 bridgehead atoms. The molecule has 1 nitrogen and oxygen atoms in total. The first-order valence-corrected chi connectivity index (χ1v) is 5.48. The highest BCUT2D eigenvalue weighted by molar-refractivity contribution is 7.19. The van der Waals surface area contributed by atoms with Crippen molar-refractivity contribution in [1.82, 2.24) is 0 Å². The Labute approximate surface area is 91.8 Å². The van der Waals surface area contributed by atoms with E-state index in [0.717, 1.165) is 20.0 Å². The Morgan fingerprint density at radius 2 is 2.29 bits per heavy atom. The van der Waals surface area contributed by atoms with Crippen molar-refractivity contribution in [1.29, 1.82) is 0 Å². The van der Waals surface area contributed by atoms with Crippen LogP contribution in [0.3, 0.4) is 0 Å². The van der Waals surface area contributed by atoms with Crippen molar-refractivity contribution in [2.24, 2.45) is 5.73 Å². The molecule has 0 aliphatic rings. The monoisotopic (exact) mass is 223 g/mol. The van der Waals surface area contributed by atoms with Crippen LogP contribution in [-0.4, -0.2) is 0 Å². The zero-order chi connectivity index (χ0) is 10.1. The fraction of sp³-hybridized carbons (Fsp3) is 0.0909. The molecule has 0 aliphatic carbocycles. The summed E-state index contributed by atoms with van der Waals surface area (Å²) < 4.78 is 1.10. The van der Waals surface area contributed by atoms with Crippen molar-refractivity contribution >= 4 is 33.0 Å². The Hall–Kier alpha value is -0.830. The number of fused-ring (bicyclic) bond motifs is 1. The first-order valence-electron chi connectivity index (χ1n) is 4.28. The molecule has 0 fully saturated rings. The summed E-state index contributed by atoms with van der Waals surface area (Å²) in [5.74, 6) is 0. The van der Waals surface area contributed by atoms with Crippen LogP contribution in [0.25, 0.3) is 10.1 Å². The lowest BCUT2D eigenvalue weighted by Crippen LogP contribution is -2.03. The minimum absolute atomic E-state index is 0.0940. The average molecular weight is 224 g/mol. The first kappa shape index (κ1) is 9.71. The quantitative estimate of drug-likeness (QED) is 0.772. The van der Waals surface area contributed by atoms with Gasteiger partial charge < -0.3 is 5.73 Å². The van der Waals surface area contributed by atoms with E-state index in [2.05, 4.69) is 12.6 Å². The maximum Gasteiger partial charge on any atom is 0.0584 e. The third kappa shape index (κ3) is 1.57. The average Bonchev–Trinajstić information content (AvgIpc) is 2.62. The molecule has 2 rings (SSSR count). The number of benzene rings is 1. The summed E-state index contributed by atoms with van der Waals surface area (Å²) in [5.41, 5.74) is 5.86. The van der Waals surface area contributed by atoms with E-state index in [1.165, 1.54) is 0 Å². The molecule has 1 aromatic carbocycles. The van der Waals surface area contributed by atoms with Crippen molar-refractivity contribution in [3.63, 3.8) is 0 Å². The second-order valence-corrected chi connectivity index (χ2v) is 4.56. The molecular formula is C11H10ClNS. The van der Waals surface area contributed by atoms with Gasteiger partial charge in [0.25, 0.3) is 0 Å². The summed E-state index contributed by atoms with van der Waals surface area (Å²) in [6, 6.07) is 7.85. The molecule has 0 unspecified atom stereocenters. The van der Waals surface area contributed by atoms with Crippen LogP contribution in [0.15, 0.2) is 36.9 Å². The molecule has 0 spiro atoms. The van der Waals surface area contributed by atoms with E-state index >= 15 is 0 Å². The molecule has 1 atom stereocenters. The summed E-state index contributed by atoms with van der Waals surface area (Å²) in [6.45, 7) is 3.68. The Morgan fingerprint density at radius 1 is 1.50 bits per heavy atom. The van der Waals surface area contributed by atoms with Crippen LogP contribution in [-0.2, 0) is 0 Å². The molecule has 0 saturated carbocycles. The van der Waals surface area contributed by atoms with E-state index in [4.69, 9.17) is 17.3 Å². The van der Waals surface area contributed by atoms with Crippen molar-refractivity contribution < 1.29 is 0 Å². The van der Waals surface area contributed by atoms with E-state index in [0.29, 0.717) is 0 Å². The predicted octanol–water partition coefficient (Wildman–Crippen LogP) is 3.74. The van der Waals surface area contributed by atoms with Crippen molar-refractivity contribution in [2.45, 2.75) is 6.04 Å². The van der Waals surface area contributed by atoms with Crippen molar-refractivity contribution in [3.05, 3.63) is 46.8 Å².